The number of sulfonamides is 1. The Bertz CT molecular complexity index is 3820. The number of ether oxygens (including phenoxy) is 2. The number of Topliss-reactive ketones (excluding diaryl/α,β-unsaturated/α-hetero) is 3. The number of carbonyl (C=O) groups is 6. The maximum absolute atomic E-state index is 12.8. The number of fused-ring (bicyclic) bond motifs is 1. The number of anilines is 3. The Morgan fingerprint density at radius 2 is 1.56 bits per heavy atom. The molecule has 1 aromatic heterocycles. The van der Waals surface area contributed by atoms with E-state index in [4.69, 9.17) is 82.4 Å². The maximum atomic E-state index is 12.8. The molecule has 2 unspecified atom stereocenters. The molecule has 37 heteroatoms. The van der Waals surface area contributed by atoms with Crippen molar-refractivity contribution in [1.29, 1.82) is 0 Å². The quantitative estimate of drug-likeness (QED) is 0.0130. The average Bonchev–Trinajstić information content (AvgIpc) is 1.80. The van der Waals surface area contributed by atoms with Crippen LogP contribution in [0.2, 0.25) is 10.0 Å². The molecule has 1 fully saturated rings. The Labute approximate surface area is 546 Å². The van der Waals surface area contributed by atoms with Gasteiger partial charge in [0.2, 0.25) is 15.9 Å². The number of aryl methyl sites for hydroxylation is 3. The van der Waals surface area contributed by atoms with E-state index in [9.17, 15) is 73.9 Å². The number of nitro benzene ring substituents is 1. The summed E-state index contributed by atoms with van der Waals surface area (Å²) in [6.45, 7) is 6.61. The molecule has 5 aromatic rings. The number of halogens is 7. The number of aliphatic carboxylic acids is 1. The van der Waals surface area contributed by atoms with Crippen LogP contribution in [0.5, 0.6) is 5.75 Å². The van der Waals surface area contributed by atoms with Crippen LogP contribution in [0.1, 0.15) is 73.9 Å². The highest BCUT2D eigenvalue weighted by Crippen LogP contribution is 2.36. The number of nitrogens with one attached hydrogen (secondary N) is 2. The van der Waals surface area contributed by atoms with Crippen molar-refractivity contribution in [2.75, 3.05) is 66.1 Å². The number of hydrogen-bond acceptors (Lipinski definition) is 18. The van der Waals surface area contributed by atoms with Crippen LogP contribution in [0.3, 0.4) is 0 Å². The molecule has 0 saturated heterocycles. The molecule has 91 heavy (non-hydrogen) atoms. The number of aromatic nitrogens is 3. The molecule has 1 aliphatic heterocycles. The van der Waals surface area contributed by atoms with E-state index in [0.717, 1.165) is 65.7 Å². The Morgan fingerprint density at radius 1 is 0.945 bits per heavy atom. The minimum absolute atomic E-state index is 0.0223. The van der Waals surface area contributed by atoms with Gasteiger partial charge in [0.25, 0.3) is 11.6 Å². The van der Waals surface area contributed by atoms with Crippen LogP contribution < -0.4 is 30.3 Å². The Kier molecular flexibility index (Phi) is 30.3. The fraction of sp³-hybridized carbons (Fsp3) is 0.407. The van der Waals surface area contributed by atoms with Gasteiger partial charge in [0.05, 0.1) is 86.0 Å². The fourth-order valence-electron chi connectivity index (χ4n) is 8.66. The van der Waals surface area contributed by atoms with Crippen molar-refractivity contribution in [2.45, 2.75) is 88.7 Å². The lowest BCUT2D eigenvalue weighted by Crippen LogP contribution is -2.47. The summed E-state index contributed by atoms with van der Waals surface area (Å²) in [4.78, 5) is 111. The van der Waals surface area contributed by atoms with Crippen molar-refractivity contribution >= 4 is 143 Å². The minimum Gasteiger partial charge on any atom is -0.489 e. The summed E-state index contributed by atoms with van der Waals surface area (Å²) in [7, 11) is -9.80. The van der Waals surface area contributed by atoms with Gasteiger partial charge in [-0.2, -0.15) is 13.5 Å². The SMILES string of the molecule is CC1COc2ccccc2N1C(=O)C(Cl)Cl.CCc1cccc(C)c1N(C(=O)CCl)C(C)COC.CS(=O)(=O)c1ccc(C(=O)C2C(=O)CCCC2=O)c([N+](=O)[O-])c1.Cc1nn(-c2cc(NS(C)(=O)=O)c(Cl)cc2Cl)c(=O)n1C(F)F.O=C(O)CNCP(=O)(O)O. The van der Waals surface area contributed by atoms with E-state index in [2.05, 4.69) is 28.1 Å². The second-order valence-electron chi connectivity index (χ2n) is 19.8. The number of nitrogens with zero attached hydrogens (tertiary/aromatic N) is 6. The Morgan fingerprint density at radius 3 is 2.07 bits per heavy atom. The number of methoxy groups -OCH3 is 1. The second-order valence-corrected chi connectivity index (χ2v) is 27.3. The number of carboxylic acid groups (broad SMARTS) is 1. The third kappa shape index (κ3) is 22.9. The predicted octanol–water partition coefficient (Wildman–Crippen LogP) is 8.10. The van der Waals surface area contributed by atoms with Crippen molar-refractivity contribution in [3.63, 3.8) is 0 Å². The number of carboxylic acids is 1. The number of rotatable bonds is 19. The zero-order valence-electron chi connectivity index (χ0n) is 49.6. The first kappa shape index (κ1) is 78.8. The molecule has 1 saturated carbocycles. The molecule has 0 radical (unpaired) electrons. The van der Waals surface area contributed by atoms with Gasteiger partial charge in [-0.1, -0.05) is 83.7 Å². The molecule has 1 aliphatic carbocycles. The fourth-order valence-corrected chi connectivity index (χ4v) is 11.2. The van der Waals surface area contributed by atoms with Gasteiger partial charge in [-0.05, 0) is 88.1 Å². The van der Waals surface area contributed by atoms with E-state index < -0.39 is 103 Å². The molecule has 0 spiro atoms. The maximum Gasteiger partial charge on any atom is 0.355 e. The molecule has 7 rings (SSSR count). The van der Waals surface area contributed by atoms with E-state index in [1.165, 1.54) is 13.0 Å². The molecular weight excluding hydrogens is 1370 g/mol. The van der Waals surface area contributed by atoms with Crippen LogP contribution in [-0.4, -0.2) is 155 Å². The molecule has 4 aromatic carbocycles. The molecule has 2 amide bonds. The highest BCUT2D eigenvalue weighted by Gasteiger charge is 2.39. The van der Waals surface area contributed by atoms with Crippen molar-refractivity contribution in [2.24, 2.45) is 5.92 Å². The average molecular weight is 1440 g/mol. The van der Waals surface area contributed by atoms with Crippen molar-refractivity contribution < 1.29 is 88.2 Å². The normalized spacial score (nSPS) is 14.4. The third-order valence-electron chi connectivity index (χ3n) is 12.6. The number of hydrogen-bond donors (Lipinski definition) is 5. The third-order valence-corrected chi connectivity index (χ3v) is 16.1. The smallest absolute Gasteiger partial charge is 0.355 e. The van der Waals surface area contributed by atoms with Crippen LogP contribution in [0.25, 0.3) is 5.69 Å². The number of sulfone groups is 1. The standard InChI is InChI=1S/C15H22ClNO2.C14H13NO7S.C11H10Cl2F2N4O3S.C11H11Cl2NO2.C3H8NO5P/c1-5-13-8-6-7-11(2)15(13)17(14(18)9-16)12(3)10-19-4;1-23(21,22)8-5-6-9(10(7-8)15(19)20)14(18)13-11(16)3-2-4-12(13)17;1-5-16-19(11(20)18(5)10(14)15)9-4-8(17-23(2,21)22)6(12)3-7(9)13;1-7-6-16-9-5-3-2-4-8(9)14(7)11(15)10(12)13;5-3(6)1-4-2-10(7,8)9/h6-8,12H,5,9-10H2,1-4H3;5-7,13H,2-4H2,1H3;3-4,10,17H,1-2H3;2-5,7,10H,6H2,1H3;4H,1-2H2,(H,5,6)(H2,7,8,9). The lowest BCUT2D eigenvalue weighted by Gasteiger charge is -2.35. The molecular formula is C54H64Cl5F2N8O19PS2. The molecule has 2 aliphatic rings. The largest absolute Gasteiger partial charge is 0.489 e. The second kappa shape index (κ2) is 35.0. The van der Waals surface area contributed by atoms with Gasteiger partial charge in [-0.3, -0.25) is 53.5 Å². The summed E-state index contributed by atoms with van der Waals surface area (Å²) in [6.07, 6.45) is 2.55. The van der Waals surface area contributed by atoms with E-state index >= 15 is 0 Å². The summed E-state index contributed by atoms with van der Waals surface area (Å²) < 4.78 is 95.0. The monoisotopic (exact) mass is 1440 g/mol. The van der Waals surface area contributed by atoms with Gasteiger partial charge in [-0.15, -0.1) is 16.7 Å². The van der Waals surface area contributed by atoms with E-state index in [1.807, 2.05) is 57.2 Å². The Balaban J connectivity index is 0.000000304. The predicted molar refractivity (Wildman–Crippen MR) is 337 cm³/mol. The van der Waals surface area contributed by atoms with Gasteiger partial charge < -0.3 is 34.2 Å². The van der Waals surface area contributed by atoms with Gasteiger partial charge in [0, 0.05) is 32.3 Å². The van der Waals surface area contributed by atoms with Crippen LogP contribution >= 0.6 is 65.6 Å². The number of nitro groups is 1. The summed E-state index contributed by atoms with van der Waals surface area (Å²) in [5.74, 6) is -4.73. The lowest BCUT2D eigenvalue weighted by atomic mass is 9.81. The Hall–Kier alpha value is -6.48. The van der Waals surface area contributed by atoms with Gasteiger partial charge >= 0.3 is 25.8 Å². The van der Waals surface area contributed by atoms with Crippen molar-refractivity contribution in [1.82, 2.24) is 19.7 Å². The zero-order chi connectivity index (χ0) is 69.2. The number of amides is 2. The van der Waals surface area contributed by atoms with E-state index in [0.29, 0.717) is 30.1 Å². The lowest BCUT2D eigenvalue weighted by molar-refractivity contribution is -0.385. The highest BCUT2D eigenvalue weighted by molar-refractivity contribution is 7.92. The first-order chi connectivity index (χ1) is 42.2. The topological polar surface area (TPSA) is 380 Å². The van der Waals surface area contributed by atoms with Gasteiger partial charge in [0.1, 0.15) is 30.0 Å². The number of ketones is 3. The van der Waals surface area contributed by atoms with E-state index in [-0.39, 0.29) is 79.3 Å². The number of carbonyl (C=O) groups excluding carboxylic acids is 5. The summed E-state index contributed by atoms with van der Waals surface area (Å²) in [6, 6.07) is 18.4. The molecule has 0 bridgehead atoms. The van der Waals surface area contributed by atoms with Crippen molar-refractivity contribution in [3.8, 4) is 11.4 Å². The van der Waals surface area contributed by atoms with Crippen LogP contribution in [0.15, 0.2) is 82.5 Å². The number of para-hydroxylation sites is 3. The number of benzene rings is 4. The minimum atomic E-state index is -4.10. The van der Waals surface area contributed by atoms with E-state index in [1.54, 1.807) is 16.9 Å². The summed E-state index contributed by atoms with van der Waals surface area (Å²) in [5, 5.41) is 24.8. The molecule has 2 heterocycles. The number of alkyl halides is 5. The van der Waals surface area contributed by atoms with Crippen LogP contribution in [-0.2, 0) is 59.6 Å². The first-order valence-electron chi connectivity index (χ1n) is 26.5. The van der Waals surface area contributed by atoms with Crippen molar-refractivity contribution in [3.05, 3.63) is 126 Å². The molecule has 27 nitrogen and oxygen atoms in total. The summed E-state index contributed by atoms with van der Waals surface area (Å²) in [5.41, 5.74) is 1.49. The van der Waals surface area contributed by atoms with Gasteiger partial charge in [-0.25, -0.2) is 26.2 Å². The molecule has 500 valence electrons. The van der Waals surface area contributed by atoms with Crippen LogP contribution in [0.4, 0.5) is 31.5 Å². The zero-order valence-corrected chi connectivity index (χ0v) is 56.0. The summed E-state index contributed by atoms with van der Waals surface area (Å²) >= 11 is 28.8. The van der Waals surface area contributed by atoms with Gasteiger partial charge in [0.15, 0.2) is 32.0 Å². The molecule has 2 atom stereocenters. The highest BCUT2D eigenvalue weighted by atomic mass is 35.5. The van der Waals surface area contributed by atoms with Crippen LogP contribution in [0, 0.1) is 29.9 Å². The first-order valence-corrected chi connectivity index (χ1v) is 34.2. The molecule has 5 N–H and O–H groups in total.